The van der Waals surface area contributed by atoms with Crippen LogP contribution >= 0.6 is 11.6 Å². The van der Waals surface area contributed by atoms with Gasteiger partial charge in [0.2, 0.25) is 5.91 Å². The first-order valence-corrected chi connectivity index (χ1v) is 13.7. The molecule has 35 heavy (non-hydrogen) atoms. The van der Waals surface area contributed by atoms with Crippen molar-refractivity contribution in [2.24, 2.45) is 0 Å². The molecule has 2 aromatic rings. The third-order valence-corrected chi connectivity index (χ3v) is 8.06. The molecule has 0 spiro atoms. The summed E-state index contributed by atoms with van der Waals surface area (Å²) in [4.78, 5) is 25.2. The number of anilines is 2. The van der Waals surface area contributed by atoms with Crippen molar-refractivity contribution in [2.75, 3.05) is 22.9 Å². The average Bonchev–Trinajstić information content (AvgIpc) is 2.81. The summed E-state index contributed by atoms with van der Waals surface area (Å²) in [7, 11) is -3.75. The number of fused-ring (bicyclic) bond motifs is 1. The normalized spacial score (nSPS) is 17.6. The van der Waals surface area contributed by atoms with Gasteiger partial charge in [0, 0.05) is 17.1 Å². The van der Waals surface area contributed by atoms with Gasteiger partial charge in [-0.1, -0.05) is 29.3 Å². The van der Waals surface area contributed by atoms with E-state index in [9.17, 15) is 22.4 Å². The predicted molar refractivity (Wildman–Crippen MR) is 135 cm³/mol. The molecule has 1 heterocycles. The summed E-state index contributed by atoms with van der Waals surface area (Å²) < 4.78 is 38.6. The number of carbonyl (C=O) groups excluding carboxylic acids is 2. The number of hydrogen-bond donors (Lipinski definition) is 3. The summed E-state index contributed by atoms with van der Waals surface area (Å²) >= 11 is 5.95. The Morgan fingerprint density at radius 3 is 2.71 bits per heavy atom. The second-order valence-corrected chi connectivity index (χ2v) is 11.4. The summed E-state index contributed by atoms with van der Waals surface area (Å²) in [6.45, 7) is 0.546. The van der Waals surface area contributed by atoms with Gasteiger partial charge in [0.1, 0.15) is 11.9 Å². The standard InChI is InChI=1S/C25H27ClFN3O4S/c26-20-13-19(27)8-6-18(20)14-35(33,34)15-23-25(32)30-22-12-17(7-9-21(22)29-23)24(31)28-11-10-16-4-2-1-3-5-16/h4,6-9,12-13,23,29H,1-3,5,10-11,14-15H2,(H,28,31)(H,30,32)/t23-/m1/s1. The Morgan fingerprint density at radius 2 is 1.97 bits per heavy atom. The maximum atomic E-state index is 13.2. The van der Waals surface area contributed by atoms with Gasteiger partial charge in [-0.15, -0.1) is 0 Å². The van der Waals surface area contributed by atoms with Crippen LogP contribution in [0, 0.1) is 5.82 Å². The molecule has 2 amide bonds. The lowest BCUT2D eigenvalue weighted by atomic mass is 9.97. The molecule has 0 saturated heterocycles. The molecule has 0 fully saturated rings. The van der Waals surface area contributed by atoms with Gasteiger partial charge in [0.05, 0.1) is 22.9 Å². The van der Waals surface area contributed by atoms with E-state index in [1.165, 1.54) is 24.5 Å². The summed E-state index contributed by atoms with van der Waals surface area (Å²) in [5, 5.41) is 8.55. The van der Waals surface area contributed by atoms with Gasteiger partial charge in [-0.3, -0.25) is 9.59 Å². The number of rotatable bonds is 8. The molecule has 0 saturated carbocycles. The smallest absolute Gasteiger partial charge is 0.251 e. The number of benzene rings is 2. The van der Waals surface area contributed by atoms with Crippen molar-refractivity contribution in [2.45, 2.75) is 43.9 Å². The molecule has 1 atom stereocenters. The first-order chi connectivity index (χ1) is 16.7. The van der Waals surface area contributed by atoms with Gasteiger partial charge in [-0.2, -0.15) is 0 Å². The first kappa shape index (κ1) is 25.2. The molecule has 3 N–H and O–H groups in total. The van der Waals surface area contributed by atoms with Crippen LogP contribution < -0.4 is 16.0 Å². The summed E-state index contributed by atoms with van der Waals surface area (Å²) in [5.74, 6) is -2.20. The Morgan fingerprint density at radius 1 is 1.14 bits per heavy atom. The molecule has 0 radical (unpaired) electrons. The minimum Gasteiger partial charge on any atom is -0.371 e. The van der Waals surface area contributed by atoms with Crippen molar-refractivity contribution in [3.63, 3.8) is 0 Å². The molecule has 0 aromatic heterocycles. The third-order valence-electron chi connectivity index (χ3n) is 6.11. The van der Waals surface area contributed by atoms with Crippen molar-refractivity contribution in [1.29, 1.82) is 0 Å². The fourth-order valence-electron chi connectivity index (χ4n) is 4.26. The van der Waals surface area contributed by atoms with Crippen LogP contribution in [0.3, 0.4) is 0 Å². The molecular weight excluding hydrogens is 493 g/mol. The number of amides is 2. The topological polar surface area (TPSA) is 104 Å². The maximum absolute atomic E-state index is 13.2. The Balaban J connectivity index is 1.36. The largest absolute Gasteiger partial charge is 0.371 e. The average molecular weight is 520 g/mol. The fraction of sp³-hybridized carbons (Fsp3) is 0.360. The third kappa shape index (κ3) is 6.61. The fourth-order valence-corrected chi connectivity index (χ4v) is 6.16. The lowest BCUT2D eigenvalue weighted by Gasteiger charge is -2.27. The van der Waals surface area contributed by atoms with Crippen LogP contribution in [0.1, 0.15) is 48.0 Å². The van der Waals surface area contributed by atoms with E-state index in [4.69, 9.17) is 11.6 Å². The van der Waals surface area contributed by atoms with Gasteiger partial charge < -0.3 is 16.0 Å². The highest BCUT2D eigenvalue weighted by molar-refractivity contribution is 7.90. The van der Waals surface area contributed by atoms with Crippen molar-refractivity contribution in [3.8, 4) is 0 Å². The van der Waals surface area contributed by atoms with Crippen LogP contribution in [0.4, 0.5) is 15.8 Å². The lowest BCUT2D eigenvalue weighted by molar-refractivity contribution is -0.116. The molecule has 1 aliphatic heterocycles. The van der Waals surface area contributed by atoms with Crippen LogP contribution in [0.25, 0.3) is 0 Å². The van der Waals surface area contributed by atoms with Crippen LogP contribution in [0.15, 0.2) is 48.0 Å². The van der Waals surface area contributed by atoms with Crippen molar-refractivity contribution >= 4 is 44.6 Å². The molecule has 7 nitrogen and oxygen atoms in total. The Labute approximate surface area is 209 Å². The second-order valence-electron chi connectivity index (χ2n) is 8.85. The minimum absolute atomic E-state index is 0.0150. The summed E-state index contributed by atoms with van der Waals surface area (Å²) in [5.41, 5.74) is 2.98. The van der Waals surface area contributed by atoms with Crippen LogP contribution in [0.2, 0.25) is 5.02 Å². The van der Waals surface area contributed by atoms with E-state index >= 15 is 0 Å². The summed E-state index contributed by atoms with van der Waals surface area (Å²) in [6.07, 6.45) is 7.68. The molecule has 1 aliphatic carbocycles. The minimum atomic E-state index is -3.75. The highest BCUT2D eigenvalue weighted by atomic mass is 35.5. The molecule has 10 heteroatoms. The van der Waals surface area contributed by atoms with Crippen molar-refractivity contribution in [1.82, 2.24) is 5.32 Å². The van der Waals surface area contributed by atoms with Crippen molar-refractivity contribution in [3.05, 3.63) is 70.0 Å². The molecule has 186 valence electrons. The van der Waals surface area contributed by atoms with Crippen LogP contribution in [0.5, 0.6) is 0 Å². The molecule has 0 bridgehead atoms. The molecule has 2 aliphatic rings. The highest BCUT2D eigenvalue weighted by Crippen LogP contribution is 2.29. The monoisotopic (exact) mass is 519 g/mol. The number of allylic oxidation sites excluding steroid dienone is 1. The number of hydrogen-bond acceptors (Lipinski definition) is 5. The number of sulfone groups is 1. The molecule has 4 rings (SSSR count). The highest BCUT2D eigenvalue weighted by Gasteiger charge is 2.31. The van der Waals surface area contributed by atoms with Gasteiger partial charge >= 0.3 is 0 Å². The Hall–Kier alpha value is -2.91. The van der Waals surface area contributed by atoms with Gasteiger partial charge in [-0.05, 0) is 68.0 Å². The second kappa shape index (κ2) is 10.8. The van der Waals surface area contributed by atoms with Crippen LogP contribution in [-0.2, 0) is 20.4 Å². The number of nitrogens with one attached hydrogen (secondary N) is 3. The van der Waals surface area contributed by atoms with E-state index in [1.54, 1.807) is 18.2 Å². The van der Waals surface area contributed by atoms with Crippen molar-refractivity contribution < 1.29 is 22.4 Å². The number of halogens is 2. The quantitative estimate of drug-likeness (QED) is 0.447. The van der Waals surface area contributed by atoms with E-state index in [0.29, 0.717) is 23.5 Å². The SMILES string of the molecule is O=C(NCCC1=CCCCC1)c1ccc2c(c1)NC(=O)[C@@H](CS(=O)(=O)Cc1ccc(F)cc1Cl)N2. The van der Waals surface area contributed by atoms with E-state index in [0.717, 1.165) is 31.4 Å². The zero-order valence-corrected chi connectivity index (χ0v) is 20.6. The van der Waals surface area contributed by atoms with Gasteiger partial charge in [0.15, 0.2) is 9.84 Å². The zero-order valence-electron chi connectivity index (χ0n) is 19.1. The van der Waals surface area contributed by atoms with Gasteiger partial charge in [-0.25, -0.2) is 12.8 Å². The van der Waals surface area contributed by atoms with E-state index in [1.807, 2.05) is 0 Å². The van der Waals surface area contributed by atoms with Gasteiger partial charge in [0.25, 0.3) is 5.91 Å². The Bertz CT molecular complexity index is 1280. The van der Waals surface area contributed by atoms with Crippen LogP contribution in [-0.4, -0.2) is 38.6 Å². The number of carbonyl (C=O) groups is 2. The van der Waals surface area contributed by atoms with E-state index < -0.39 is 39.1 Å². The molecule has 2 aromatic carbocycles. The Kier molecular flexibility index (Phi) is 7.76. The molecule has 0 unspecified atom stereocenters. The van der Waals surface area contributed by atoms with E-state index in [-0.39, 0.29) is 16.5 Å². The zero-order chi connectivity index (χ0) is 25.0. The lowest BCUT2D eigenvalue weighted by Crippen LogP contribution is -2.43. The molecular formula is C25H27ClFN3O4S. The van der Waals surface area contributed by atoms with E-state index in [2.05, 4.69) is 22.0 Å². The maximum Gasteiger partial charge on any atom is 0.251 e. The summed E-state index contributed by atoms with van der Waals surface area (Å²) in [6, 6.07) is 7.33. The first-order valence-electron chi connectivity index (χ1n) is 11.5. The predicted octanol–water partition coefficient (Wildman–Crippen LogP) is 4.45.